The molecule has 7 nitrogen and oxygen atoms in total. The number of ketones is 1. The zero-order valence-electron chi connectivity index (χ0n) is 18.4. The fourth-order valence-corrected chi connectivity index (χ4v) is 5.30. The average Bonchev–Trinajstić information content (AvgIpc) is 2.92. The van der Waals surface area contributed by atoms with Gasteiger partial charge in [-0.2, -0.15) is 0 Å². The molecular weight excluding hydrogens is 416 g/mol. The predicted molar refractivity (Wildman–Crippen MR) is 120 cm³/mol. The molecule has 1 aromatic carbocycles. The molecule has 1 aliphatic rings. The van der Waals surface area contributed by atoms with Gasteiger partial charge in [0.25, 0.3) is 0 Å². The second-order valence-corrected chi connectivity index (χ2v) is 10.2. The van der Waals surface area contributed by atoms with Crippen LogP contribution >= 0.6 is 0 Å². The van der Waals surface area contributed by atoms with E-state index in [1.54, 1.807) is 20.1 Å². The molecule has 0 unspecified atom stereocenters. The van der Waals surface area contributed by atoms with Crippen molar-refractivity contribution in [1.82, 2.24) is 9.88 Å². The van der Waals surface area contributed by atoms with Crippen LogP contribution in [0.1, 0.15) is 50.0 Å². The van der Waals surface area contributed by atoms with E-state index in [2.05, 4.69) is 9.88 Å². The minimum absolute atomic E-state index is 0.232. The smallest absolute Gasteiger partial charge is 0.226 e. The highest BCUT2D eigenvalue weighted by Gasteiger charge is 2.22. The molecule has 2 heterocycles. The molecule has 0 amide bonds. The number of ether oxygens (including phenoxy) is 1. The number of rotatable bonds is 10. The van der Waals surface area contributed by atoms with Gasteiger partial charge in [0, 0.05) is 12.0 Å². The summed E-state index contributed by atoms with van der Waals surface area (Å²) in [5, 5.41) is 0. The molecule has 3 rings (SSSR count). The van der Waals surface area contributed by atoms with E-state index in [9.17, 15) is 13.2 Å². The van der Waals surface area contributed by atoms with Gasteiger partial charge in [0.2, 0.25) is 5.89 Å². The first-order valence-corrected chi connectivity index (χ1v) is 12.7. The number of hydrogen-bond donors (Lipinski definition) is 0. The predicted octanol–water partition coefficient (Wildman–Crippen LogP) is 3.80. The highest BCUT2D eigenvalue weighted by Crippen LogP contribution is 2.26. The number of carbonyl (C=O) groups excluding carboxylic acids is 1. The Bertz CT molecular complexity index is 976. The molecule has 8 heteroatoms. The molecule has 0 bridgehead atoms. The van der Waals surface area contributed by atoms with Gasteiger partial charge in [-0.25, -0.2) is 13.4 Å². The summed E-state index contributed by atoms with van der Waals surface area (Å²) in [6.07, 6.45) is 5.96. The zero-order chi connectivity index (χ0) is 22.3. The zero-order valence-corrected chi connectivity index (χ0v) is 19.2. The Balaban J connectivity index is 1.54. The minimum Gasteiger partial charge on any atom is -0.497 e. The van der Waals surface area contributed by atoms with Gasteiger partial charge in [0.15, 0.2) is 9.84 Å². The third kappa shape index (κ3) is 7.18. The Labute approximate surface area is 184 Å². The number of carbonyl (C=O) groups is 1. The van der Waals surface area contributed by atoms with Crippen molar-refractivity contribution in [2.45, 2.75) is 51.2 Å². The molecule has 1 fully saturated rings. The number of oxazole rings is 1. The van der Waals surface area contributed by atoms with Gasteiger partial charge in [-0.3, -0.25) is 4.79 Å². The summed E-state index contributed by atoms with van der Waals surface area (Å²) >= 11 is 0. The topological polar surface area (TPSA) is 89.7 Å². The number of sulfone groups is 1. The van der Waals surface area contributed by atoms with E-state index >= 15 is 0 Å². The Morgan fingerprint density at radius 3 is 2.65 bits per heavy atom. The van der Waals surface area contributed by atoms with Crippen LogP contribution in [-0.2, 0) is 20.4 Å². The maximum Gasteiger partial charge on any atom is 0.226 e. The van der Waals surface area contributed by atoms with E-state index in [0.717, 1.165) is 19.6 Å². The van der Waals surface area contributed by atoms with E-state index < -0.39 is 15.6 Å². The first-order chi connectivity index (χ1) is 14.9. The molecule has 1 aliphatic heterocycles. The van der Waals surface area contributed by atoms with Crippen LogP contribution in [0.3, 0.4) is 0 Å². The second-order valence-electron chi connectivity index (χ2n) is 8.18. The fraction of sp³-hybridized carbons (Fsp3) is 0.565. The summed E-state index contributed by atoms with van der Waals surface area (Å²) in [6.45, 7) is 4.70. The molecule has 0 radical (unpaired) electrons. The highest BCUT2D eigenvalue weighted by molar-refractivity contribution is 7.91. The SMILES string of the molecule is COc1cccc(-c2nc(CS(=O)(=O)CC(=O)CCCN3CCCCCC3)c(C)o2)c1. The third-order valence-electron chi connectivity index (χ3n) is 5.58. The number of likely N-dealkylation sites (tertiary alicyclic amines) is 1. The quantitative estimate of drug-likeness (QED) is 0.546. The van der Waals surface area contributed by atoms with Gasteiger partial charge in [0.1, 0.15) is 23.0 Å². The Hall–Kier alpha value is -2.19. The van der Waals surface area contributed by atoms with Crippen molar-refractivity contribution in [1.29, 1.82) is 0 Å². The second kappa shape index (κ2) is 10.9. The summed E-state index contributed by atoms with van der Waals surface area (Å²) in [5.74, 6) is 0.454. The van der Waals surface area contributed by atoms with Crippen LogP contribution in [0.2, 0.25) is 0 Å². The van der Waals surface area contributed by atoms with Gasteiger partial charge in [-0.15, -0.1) is 0 Å². The molecule has 1 saturated heterocycles. The van der Waals surface area contributed by atoms with Crippen molar-refractivity contribution in [3.8, 4) is 17.2 Å². The van der Waals surface area contributed by atoms with Crippen molar-refractivity contribution < 1.29 is 22.4 Å². The first kappa shape index (κ1) is 23.5. The molecule has 31 heavy (non-hydrogen) atoms. The molecule has 170 valence electrons. The third-order valence-corrected chi connectivity index (χ3v) is 7.05. The monoisotopic (exact) mass is 448 g/mol. The number of nitrogens with zero attached hydrogens (tertiary/aromatic N) is 2. The van der Waals surface area contributed by atoms with Crippen molar-refractivity contribution in [2.24, 2.45) is 0 Å². The van der Waals surface area contributed by atoms with Gasteiger partial charge in [0.05, 0.1) is 18.6 Å². The molecule has 0 aliphatic carbocycles. The molecule has 0 atom stereocenters. The summed E-state index contributed by atoms with van der Waals surface area (Å²) in [4.78, 5) is 19.0. The molecule has 0 saturated carbocycles. The van der Waals surface area contributed by atoms with Gasteiger partial charge in [-0.05, 0) is 64.0 Å². The maximum absolute atomic E-state index is 12.6. The number of aromatic nitrogens is 1. The van der Waals surface area contributed by atoms with Crippen molar-refractivity contribution in [3.63, 3.8) is 0 Å². The van der Waals surface area contributed by atoms with E-state index in [-0.39, 0.29) is 11.5 Å². The molecule has 2 aromatic rings. The van der Waals surface area contributed by atoms with Crippen LogP contribution in [0.25, 0.3) is 11.5 Å². The number of benzene rings is 1. The fourth-order valence-electron chi connectivity index (χ4n) is 3.88. The van der Waals surface area contributed by atoms with Gasteiger partial charge >= 0.3 is 0 Å². The lowest BCUT2D eigenvalue weighted by Crippen LogP contribution is -2.26. The van der Waals surface area contributed by atoms with E-state index in [4.69, 9.17) is 9.15 Å². The molecule has 1 aromatic heterocycles. The lowest BCUT2D eigenvalue weighted by atomic mass is 10.2. The summed E-state index contributed by atoms with van der Waals surface area (Å²) in [7, 11) is -2.04. The van der Waals surface area contributed by atoms with Crippen LogP contribution < -0.4 is 4.74 Å². The minimum atomic E-state index is -3.61. The Morgan fingerprint density at radius 2 is 1.94 bits per heavy atom. The lowest BCUT2D eigenvalue weighted by Gasteiger charge is -2.19. The molecule has 0 spiro atoms. The van der Waals surface area contributed by atoms with Gasteiger partial charge in [-0.1, -0.05) is 18.9 Å². The number of aryl methyl sites for hydroxylation is 1. The van der Waals surface area contributed by atoms with Crippen molar-refractivity contribution >= 4 is 15.6 Å². The largest absolute Gasteiger partial charge is 0.497 e. The summed E-state index contributed by atoms with van der Waals surface area (Å²) in [5.41, 5.74) is 1.05. The lowest BCUT2D eigenvalue weighted by molar-refractivity contribution is -0.116. The summed E-state index contributed by atoms with van der Waals surface area (Å²) < 4.78 is 36.1. The number of hydrogen-bond acceptors (Lipinski definition) is 7. The number of methoxy groups -OCH3 is 1. The first-order valence-electron chi connectivity index (χ1n) is 10.9. The molecular formula is C23H32N2O5S. The maximum atomic E-state index is 12.6. The van der Waals surface area contributed by atoms with Crippen molar-refractivity contribution in [3.05, 3.63) is 35.7 Å². The standard InChI is InChI=1S/C23H32N2O5S/c1-18-22(24-23(30-18)19-9-7-11-21(15-19)29-2)17-31(27,28)16-20(26)10-8-14-25-12-5-3-4-6-13-25/h7,9,11,15H,3-6,8,10,12-14,16-17H2,1-2H3. The van der Waals surface area contributed by atoms with Crippen LogP contribution in [0.15, 0.2) is 28.7 Å². The normalized spacial score (nSPS) is 15.5. The van der Waals surface area contributed by atoms with Crippen molar-refractivity contribution in [2.75, 3.05) is 32.5 Å². The van der Waals surface area contributed by atoms with E-state index in [0.29, 0.717) is 41.5 Å². The Kier molecular flexibility index (Phi) is 8.26. The average molecular weight is 449 g/mol. The van der Waals surface area contributed by atoms with Crippen LogP contribution in [-0.4, -0.2) is 56.6 Å². The number of Topliss-reactive ketones (excluding diaryl/α,β-unsaturated/α-hetero) is 1. The van der Waals surface area contributed by atoms with E-state index in [1.165, 1.54) is 25.7 Å². The van der Waals surface area contributed by atoms with Crippen LogP contribution in [0.5, 0.6) is 5.75 Å². The van der Waals surface area contributed by atoms with Crippen LogP contribution in [0, 0.1) is 6.92 Å². The van der Waals surface area contributed by atoms with Gasteiger partial charge < -0.3 is 14.1 Å². The Morgan fingerprint density at radius 1 is 1.19 bits per heavy atom. The molecule has 0 N–H and O–H groups in total. The van der Waals surface area contributed by atoms with Crippen LogP contribution in [0.4, 0.5) is 0 Å². The summed E-state index contributed by atoms with van der Waals surface area (Å²) in [6, 6.07) is 7.22. The highest BCUT2D eigenvalue weighted by atomic mass is 32.2. The van der Waals surface area contributed by atoms with E-state index in [1.807, 2.05) is 18.2 Å².